The second kappa shape index (κ2) is 6.07. The minimum absolute atomic E-state index is 0.289. The first kappa shape index (κ1) is 13.9. The van der Waals surface area contributed by atoms with Crippen LogP contribution >= 0.6 is 34.5 Å². The molecule has 0 saturated heterocycles. The number of aryl methyl sites for hydroxylation is 1. The zero-order chi connectivity index (χ0) is 13.1. The van der Waals surface area contributed by atoms with Crippen LogP contribution in [0.3, 0.4) is 0 Å². The lowest BCUT2D eigenvalue weighted by Crippen LogP contribution is -2.19. The van der Waals surface area contributed by atoms with E-state index in [1.807, 2.05) is 25.2 Å². The van der Waals surface area contributed by atoms with Gasteiger partial charge in [0.15, 0.2) is 0 Å². The molecule has 0 aliphatic heterocycles. The number of halogens is 2. The summed E-state index contributed by atoms with van der Waals surface area (Å²) in [4.78, 5) is 1.29. The van der Waals surface area contributed by atoms with Crippen LogP contribution in [0.4, 0.5) is 0 Å². The number of hydrogen-bond donors (Lipinski definition) is 1. The molecule has 1 unspecified atom stereocenters. The Balaban J connectivity index is 2.22. The molecule has 0 saturated carbocycles. The fraction of sp³-hybridized carbons (Fsp3) is 0.286. The van der Waals surface area contributed by atoms with Gasteiger partial charge in [-0.25, -0.2) is 0 Å². The molecule has 0 fully saturated rings. The Kier molecular flexibility index (Phi) is 4.68. The van der Waals surface area contributed by atoms with E-state index in [4.69, 9.17) is 23.2 Å². The van der Waals surface area contributed by atoms with Crippen molar-refractivity contribution in [1.29, 1.82) is 0 Å². The van der Waals surface area contributed by atoms with Gasteiger partial charge in [-0.1, -0.05) is 29.3 Å². The topological polar surface area (TPSA) is 12.0 Å². The monoisotopic (exact) mass is 299 g/mol. The molecular formula is C14H15Cl2NS. The predicted octanol–water partition coefficient (Wildman–Crippen LogP) is 4.87. The quantitative estimate of drug-likeness (QED) is 0.849. The molecule has 1 aromatic carbocycles. The van der Waals surface area contributed by atoms with Crippen LogP contribution in [0.15, 0.2) is 30.3 Å². The molecule has 0 radical (unpaired) electrons. The third-order valence-corrected chi connectivity index (χ3v) is 4.48. The van der Waals surface area contributed by atoms with Gasteiger partial charge in [-0.2, -0.15) is 0 Å². The van der Waals surface area contributed by atoms with Crippen molar-refractivity contribution in [1.82, 2.24) is 5.32 Å². The van der Waals surface area contributed by atoms with E-state index in [-0.39, 0.29) is 6.04 Å². The van der Waals surface area contributed by atoms with Crippen LogP contribution in [0.1, 0.15) is 22.0 Å². The third-order valence-electron chi connectivity index (χ3n) is 2.99. The van der Waals surface area contributed by atoms with Crippen LogP contribution in [0, 0.1) is 6.92 Å². The Hall–Kier alpha value is -0.540. The van der Waals surface area contributed by atoms with Gasteiger partial charge in [-0.05, 0) is 49.4 Å². The number of likely N-dealkylation sites (N-methyl/N-ethyl adjacent to an activating group) is 1. The zero-order valence-corrected chi connectivity index (χ0v) is 12.7. The molecule has 18 heavy (non-hydrogen) atoms. The molecule has 96 valence electrons. The molecule has 1 nitrogen and oxygen atoms in total. The number of hydrogen-bond acceptors (Lipinski definition) is 2. The highest BCUT2D eigenvalue weighted by Gasteiger charge is 2.13. The highest BCUT2D eigenvalue weighted by molar-refractivity contribution is 7.16. The molecule has 0 spiro atoms. The van der Waals surface area contributed by atoms with E-state index in [0.717, 1.165) is 15.8 Å². The average Bonchev–Trinajstić information content (AvgIpc) is 2.72. The summed E-state index contributed by atoms with van der Waals surface area (Å²) in [7, 11) is 1.98. The maximum atomic E-state index is 5.99. The van der Waals surface area contributed by atoms with Crippen molar-refractivity contribution in [3.05, 3.63) is 55.7 Å². The van der Waals surface area contributed by atoms with E-state index < -0.39 is 0 Å². The molecule has 1 aromatic heterocycles. The summed E-state index contributed by atoms with van der Waals surface area (Å²) in [6.07, 6.45) is 0.941. The summed E-state index contributed by atoms with van der Waals surface area (Å²) in [6, 6.07) is 10.4. The Bertz CT molecular complexity index is 536. The summed E-state index contributed by atoms with van der Waals surface area (Å²) >= 11 is 13.6. The van der Waals surface area contributed by atoms with Crippen molar-refractivity contribution in [2.24, 2.45) is 0 Å². The highest BCUT2D eigenvalue weighted by Crippen LogP contribution is 2.28. The molecule has 2 aromatic rings. The molecule has 0 amide bonds. The fourth-order valence-electron chi connectivity index (χ4n) is 2.06. The molecule has 0 aliphatic rings. The number of thiophene rings is 1. The van der Waals surface area contributed by atoms with Crippen LogP contribution < -0.4 is 5.32 Å². The van der Waals surface area contributed by atoms with Crippen molar-refractivity contribution in [2.75, 3.05) is 7.05 Å². The molecule has 2 rings (SSSR count). The summed E-state index contributed by atoms with van der Waals surface area (Å²) in [5.41, 5.74) is 2.50. The summed E-state index contributed by atoms with van der Waals surface area (Å²) in [6.45, 7) is 2.09. The van der Waals surface area contributed by atoms with Gasteiger partial charge >= 0.3 is 0 Å². The first-order chi connectivity index (χ1) is 8.60. The van der Waals surface area contributed by atoms with Gasteiger partial charge in [0.05, 0.1) is 4.34 Å². The summed E-state index contributed by atoms with van der Waals surface area (Å²) in [5.74, 6) is 0. The predicted molar refractivity (Wildman–Crippen MR) is 81.0 cm³/mol. The number of rotatable bonds is 4. The maximum absolute atomic E-state index is 5.99. The van der Waals surface area contributed by atoms with E-state index in [2.05, 4.69) is 24.4 Å². The number of benzene rings is 1. The Labute approximate surface area is 122 Å². The summed E-state index contributed by atoms with van der Waals surface area (Å²) < 4.78 is 0.840. The Morgan fingerprint density at radius 3 is 2.56 bits per heavy atom. The zero-order valence-electron chi connectivity index (χ0n) is 10.3. The molecule has 0 aliphatic carbocycles. The lowest BCUT2D eigenvalue weighted by atomic mass is 9.98. The van der Waals surface area contributed by atoms with Gasteiger partial charge in [-0.15, -0.1) is 11.3 Å². The normalized spacial score (nSPS) is 12.7. The van der Waals surface area contributed by atoms with Gasteiger partial charge in [-0.3, -0.25) is 0 Å². The molecule has 1 atom stereocenters. The van der Waals surface area contributed by atoms with E-state index in [0.29, 0.717) is 0 Å². The van der Waals surface area contributed by atoms with Crippen LogP contribution in [0.25, 0.3) is 0 Å². The Morgan fingerprint density at radius 1 is 1.22 bits per heavy atom. The highest BCUT2D eigenvalue weighted by atomic mass is 35.5. The van der Waals surface area contributed by atoms with Gasteiger partial charge in [0.25, 0.3) is 0 Å². The molecule has 1 N–H and O–H groups in total. The van der Waals surface area contributed by atoms with Crippen molar-refractivity contribution < 1.29 is 0 Å². The van der Waals surface area contributed by atoms with Crippen LogP contribution in [-0.2, 0) is 6.42 Å². The lowest BCUT2D eigenvalue weighted by Gasteiger charge is -2.18. The van der Waals surface area contributed by atoms with Crippen LogP contribution in [-0.4, -0.2) is 7.05 Å². The first-order valence-corrected chi connectivity index (χ1v) is 7.35. The van der Waals surface area contributed by atoms with E-state index in [9.17, 15) is 0 Å². The SMILES string of the molecule is CNC(Cc1ccc(Cl)s1)c1ccc(Cl)cc1C. The van der Waals surface area contributed by atoms with Gasteiger partial charge < -0.3 is 5.32 Å². The fourth-order valence-corrected chi connectivity index (χ4v) is 3.42. The summed E-state index contributed by atoms with van der Waals surface area (Å²) in [5, 5.41) is 4.14. The molecule has 4 heteroatoms. The lowest BCUT2D eigenvalue weighted by molar-refractivity contribution is 0.593. The van der Waals surface area contributed by atoms with Crippen LogP contribution in [0.2, 0.25) is 9.36 Å². The minimum Gasteiger partial charge on any atom is -0.313 e. The second-order valence-corrected chi connectivity index (χ2v) is 6.49. The van der Waals surface area contributed by atoms with E-state index in [1.54, 1.807) is 11.3 Å². The van der Waals surface area contributed by atoms with Gasteiger partial charge in [0.1, 0.15) is 0 Å². The smallest absolute Gasteiger partial charge is 0.0931 e. The maximum Gasteiger partial charge on any atom is 0.0931 e. The van der Waals surface area contributed by atoms with Crippen molar-refractivity contribution in [3.63, 3.8) is 0 Å². The van der Waals surface area contributed by atoms with E-state index in [1.165, 1.54) is 16.0 Å². The van der Waals surface area contributed by atoms with Gasteiger partial charge in [0.2, 0.25) is 0 Å². The molecular weight excluding hydrogens is 285 g/mol. The van der Waals surface area contributed by atoms with Crippen molar-refractivity contribution in [2.45, 2.75) is 19.4 Å². The van der Waals surface area contributed by atoms with Crippen molar-refractivity contribution in [3.8, 4) is 0 Å². The number of nitrogens with one attached hydrogen (secondary N) is 1. The largest absolute Gasteiger partial charge is 0.313 e. The van der Waals surface area contributed by atoms with Gasteiger partial charge in [0, 0.05) is 22.4 Å². The first-order valence-electron chi connectivity index (χ1n) is 5.77. The second-order valence-electron chi connectivity index (χ2n) is 4.25. The average molecular weight is 300 g/mol. The van der Waals surface area contributed by atoms with Crippen LogP contribution in [0.5, 0.6) is 0 Å². The molecule has 1 heterocycles. The molecule has 0 bridgehead atoms. The standard InChI is InChI=1S/C14H15Cl2NS/c1-9-7-10(15)3-5-12(9)13(17-2)8-11-4-6-14(16)18-11/h3-7,13,17H,8H2,1-2H3. The van der Waals surface area contributed by atoms with Crippen molar-refractivity contribution >= 4 is 34.5 Å². The third kappa shape index (κ3) is 3.27. The Morgan fingerprint density at radius 2 is 2.00 bits per heavy atom. The van der Waals surface area contributed by atoms with E-state index >= 15 is 0 Å². The minimum atomic E-state index is 0.289.